The normalized spacial score (nSPS) is 17.5. The number of nitrogens with zero attached hydrogens (tertiary/aromatic N) is 3. The summed E-state index contributed by atoms with van der Waals surface area (Å²) in [6.07, 6.45) is -1.24. The summed E-state index contributed by atoms with van der Waals surface area (Å²) < 4.78 is 41.3. The molecule has 3 heterocycles. The van der Waals surface area contributed by atoms with Crippen LogP contribution < -0.4 is 5.56 Å². The summed E-state index contributed by atoms with van der Waals surface area (Å²) in [5, 5.41) is 9.60. The summed E-state index contributed by atoms with van der Waals surface area (Å²) >= 11 is 1.17. The van der Waals surface area contributed by atoms with Crippen molar-refractivity contribution >= 4 is 21.6 Å². The van der Waals surface area contributed by atoms with E-state index in [1.54, 1.807) is 0 Å². The van der Waals surface area contributed by atoms with Crippen molar-refractivity contribution in [2.24, 2.45) is 0 Å². The van der Waals surface area contributed by atoms with Gasteiger partial charge >= 0.3 is 6.18 Å². The highest BCUT2D eigenvalue weighted by molar-refractivity contribution is 7.18. The van der Waals surface area contributed by atoms with Crippen LogP contribution in [0.15, 0.2) is 23.1 Å². The lowest BCUT2D eigenvalue weighted by Gasteiger charge is -2.19. The number of halogens is 3. The molecule has 9 heteroatoms. The molecule has 1 aliphatic carbocycles. The molecule has 0 radical (unpaired) electrons. The molecule has 1 N–H and O–H groups in total. The topological polar surface area (TPSA) is 68.0 Å². The largest absolute Gasteiger partial charge is 0.506 e. The fourth-order valence-corrected chi connectivity index (χ4v) is 4.77. The molecule has 1 unspecified atom stereocenters. The van der Waals surface area contributed by atoms with Crippen LogP contribution >= 0.6 is 11.3 Å². The number of hydrogen-bond acceptors (Lipinski definition) is 5. The van der Waals surface area contributed by atoms with E-state index in [-0.39, 0.29) is 27.7 Å². The third-order valence-corrected chi connectivity index (χ3v) is 5.75. The number of alkyl halides is 3. The molecule has 0 amide bonds. The summed E-state index contributed by atoms with van der Waals surface area (Å²) in [6, 6.07) is 2.35. The smallest absolute Gasteiger partial charge is 0.450 e. The number of aromatic nitrogens is 3. The van der Waals surface area contributed by atoms with E-state index >= 15 is 0 Å². The average Bonchev–Trinajstić information content (AvgIpc) is 2.95. The molecule has 4 rings (SSSR count). The van der Waals surface area contributed by atoms with Crippen molar-refractivity contribution in [1.82, 2.24) is 14.5 Å². The van der Waals surface area contributed by atoms with Crippen LogP contribution in [0.1, 0.15) is 41.9 Å². The van der Waals surface area contributed by atoms with Gasteiger partial charge in [-0.05, 0) is 42.9 Å². The van der Waals surface area contributed by atoms with Crippen LogP contribution in [0, 0.1) is 0 Å². The second-order valence-electron chi connectivity index (χ2n) is 6.36. The zero-order valence-corrected chi connectivity index (χ0v) is 14.5. The number of aromatic hydroxyl groups is 1. The second kappa shape index (κ2) is 5.80. The van der Waals surface area contributed by atoms with Crippen LogP contribution in [0.4, 0.5) is 13.2 Å². The van der Waals surface area contributed by atoms with Crippen molar-refractivity contribution in [2.45, 2.75) is 38.3 Å². The molecule has 1 atom stereocenters. The lowest BCUT2D eigenvalue weighted by molar-refractivity contribution is -0.146. The highest BCUT2D eigenvalue weighted by atomic mass is 32.1. The van der Waals surface area contributed by atoms with Crippen molar-refractivity contribution in [1.29, 1.82) is 0 Å². The van der Waals surface area contributed by atoms with Gasteiger partial charge in [-0.3, -0.25) is 4.79 Å². The number of rotatable bonds is 1. The van der Waals surface area contributed by atoms with Crippen molar-refractivity contribution in [3.63, 3.8) is 0 Å². The summed E-state index contributed by atoms with van der Waals surface area (Å²) in [4.78, 5) is 21.7. The van der Waals surface area contributed by atoms with Gasteiger partial charge in [0.25, 0.3) is 5.56 Å². The summed E-state index contributed by atoms with van der Waals surface area (Å²) in [7, 11) is 0. The van der Waals surface area contributed by atoms with E-state index in [4.69, 9.17) is 0 Å². The maximum Gasteiger partial charge on any atom is 0.450 e. The van der Waals surface area contributed by atoms with Crippen LogP contribution in [0.5, 0.6) is 5.75 Å². The van der Waals surface area contributed by atoms with Gasteiger partial charge in [0.05, 0.1) is 11.6 Å². The van der Waals surface area contributed by atoms with E-state index in [0.29, 0.717) is 4.57 Å². The van der Waals surface area contributed by atoms with E-state index in [0.717, 1.165) is 35.9 Å². The maximum atomic E-state index is 13.6. The van der Waals surface area contributed by atoms with E-state index in [1.807, 2.05) is 6.92 Å². The first-order valence-corrected chi connectivity index (χ1v) is 8.90. The van der Waals surface area contributed by atoms with Crippen molar-refractivity contribution in [3.8, 4) is 11.6 Å². The van der Waals surface area contributed by atoms with Crippen LogP contribution in [0.2, 0.25) is 0 Å². The number of aryl methyl sites for hydroxylation is 1. The molecular weight excluding hydrogens is 367 g/mol. The van der Waals surface area contributed by atoms with E-state index in [1.165, 1.54) is 23.5 Å². The second-order valence-corrected chi connectivity index (χ2v) is 7.44. The number of fused-ring (bicyclic) bond motifs is 3. The Morgan fingerprint density at radius 1 is 1.35 bits per heavy atom. The Bertz CT molecular complexity index is 1050. The molecule has 0 spiro atoms. The Balaban J connectivity index is 2.11. The Hall–Kier alpha value is -2.42. The summed E-state index contributed by atoms with van der Waals surface area (Å²) in [5.74, 6) is -1.64. The summed E-state index contributed by atoms with van der Waals surface area (Å²) in [5.41, 5.74) is 0.0433. The molecule has 3 aromatic heterocycles. The number of hydrogen-bond donors (Lipinski definition) is 1. The zero-order chi connectivity index (χ0) is 18.6. The van der Waals surface area contributed by atoms with Gasteiger partial charge in [-0.2, -0.15) is 13.2 Å². The van der Waals surface area contributed by atoms with Gasteiger partial charge in [0, 0.05) is 4.88 Å². The Morgan fingerprint density at radius 2 is 2.12 bits per heavy atom. The molecule has 0 aliphatic heterocycles. The quantitative estimate of drug-likeness (QED) is 0.692. The molecule has 0 saturated heterocycles. The number of thiophene rings is 1. The van der Waals surface area contributed by atoms with Crippen LogP contribution in [-0.2, 0) is 12.6 Å². The molecule has 5 nitrogen and oxygen atoms in total. The third kappa shape index (κ3) is 2.57. The first kappa shape index (κ1) is 17.0. The predicted molar refractivity (Wildman–Crippen MR) is 91.0 cm³/mol. The molecule has 0 aromatic carbocycles. The zero-order valence-electron chi connectivity index (χ0n) is 13.7. The average molecular weight is 381 g/mol. The monoisotopic (exact) mass is 381 g/mol. The fraction of sp³-hybridized carbons (Fsp3) is 0.353. The van der Waals surface area contributed by atoms with Gasteiger partial charge in [0.1, 0.15) is 16.4 Å². The Kier molecular flexibility index (Phi) is 3.80. The minimum Gasteiger partial charge on any atom is -0.506 e. The standard InChI is InChI=1S/C17H14F3N3O2S/c1-8-3-2-4-10-12(8)13-14(26-10)22-16(17(18,19)20)23(15(13)25)11-6-5-9(24)7-21-11/h5-8,24H,2-4H2,1H3. The molecule has 1 aliphatic rings. The predicted octanol–water partition coefficient (Wildman–Crippen LogP) is 4.01. The highest BCUT2D eigenvalue weighted by Crippen LogP contribution is 2.41. The van der Waals surface area contributed by atoms with Gasteiger partial charge in [0.15, 0.2) is 0 Å². The van der Waals surface area contributed by atoms with Crippen molar-refractivity contribution < 1.29 is 18.3 Å². The molecule has 0 saturated carbocycles. The molecule has 26 heavy (non-hydrogen) atoms. The molecule has 136 valence electrons. The van der Waals surface area contributed by atoms with Gasteiger partial charge in [-0.15, -0.1) is 11.3 Å². The van der Waals surface area contributed by atoms with E-state index < -0.39 is 17.6 Å². The lowest BCUT2D eigenvalue weighted by Crippen LogP contribution is -2.29. The molecular formula is C17H14F3N3O2S. The van der Waals surface area contributed by atoms with Crippen molar-refractivity contribution in [2.75, 3.05) is 0 Å². The van der Waals surface area contributed by atoms with Gasteiger partial charge < -0.3 is 5.11 Å². The summed E-state index contributed by atoms with van der Waals surface area (Å²) in [6.45, 7) is 1.98. The minimum absolute atomic E-state index is 0.0972. The first-order chi connectivity index (χ1) is 12.3. The highest BCUT2D eigenvalue weighted by Gasteiger charge is 2.39. The van der Waals surface area contributed by atoms with Gasteiger partial charge in [-0.1, -0.05) is 6.92 Å². The van der Waals surface area contributed by atoms with Crippen molar-refractivity contribution in [3.05, 3.63) is 44.9 Å². The van der Waals surface area contributed by atoms with Gasteiger partial charge in [-0.25, -0.2) is 14.5 Å². The SMILES string of the molecule is CC1CCCc2sc3nc(C(F)(F)F)n(-c4ccc(O)cn4)c(=O)c3c21. The van der Waals surface area contributed by atoms with Crippen LogP contribution in [0.25, 0.3) is 16.0 Å². The van der Waals surface area contributed by atoms with E-state index in [9.17, 15) is 23.1 Å². The maximum absolute atomic E-state index is 13.6. The Morgan fingerprint density at radius 3 is 2.77 bits per heavy atom. The Labute approximate surface area is 149 Å². The molecule has 0 bridgehead atoms. The number of pyridine rings is 1. The van der Waals surface area contributed by atoms with Crippen LogP contribution in [0.3, 0.4) is 0 Å². The van der Waals surface area contributed by atoms with E-state index in [2.05, 4.69) is 9.97 Å². The first-order valence-electron chi connectivity index (χ1n) is 8.08. The molecule has 0 fully saturated rings. The lowest BCUT2D eigenvalue weighted by atomic mass is 9.88. The molecule has 3 aromatic rings. The third-order valence-electron chi connectivity index (χ3n) is 4.59. The van der Waals surface area contributed by atoms with Crippen LogP contribution in [-0.4, -0.2) is 19.6 Å². The fourth-order valence-electron chi connectivity index (χ4n) is 3.45. The minimum atomic E-state index is -4.82. The van der Waals surface area contributed by atoms with Gasteiger partial charge in [0.2, 0.25) is 5.82 Å².